The molecule has 3 fully saturated rings. The van der Waals surface area contributed by atoms with Crippen LogP contribution < -0.4 is 5.32 Å². The van der Waals surface area contributed by atoms with E-state index in [1.165, 1.54) is 76.7 Å². The number of nitrogens with one attached hydrogen (secondary N) is 1. The number of rotatable bonds is 31. The summed E-state index contributed by atoms with van der Waals surface area (Å²) in [6.07, 6.45) is -0.399. The zero-order chi connectivity index (χ0) is 60.0. The fraction of sp³-hybridized carbons (Fsp3) is 0.667. The summed E-state index contributed by atoms with van der Waals surface area (Å²) in [6, 6.07) is 11.1. The molecule has 8 atom stereocenters. The molecule has 2 saturated carbocycles. The highest BCUT2D eigenvalue weighted by Gasteiger charge is 2.49. The first-order valence-corrected chi connectivity index (χ1v) is 28.3. The molecule has 450 valence electrons. The van der Waals surface area contributed by atoms with Crippen LogP contribution in [0.2, 0.25) is 0 Å². The number of carbonyl (C=O) groups is 8. The number of ether oxygens (including phenoxy) is 7. The molecule has 0 bridgehead atoms. The normalized spacial score (nSPS) is 18.2. The van der Waals surface area contributed by atoms with Crippen molar-refractivity contribution >= 4 is 47.6 Å². The van der Waals surface area contributed by atoms with E-state index in [4.69, 9.17) is 33.2 Å². The number of esters is 5. The van der Waals surface area contributed by atoms with Gasteiger partial charge < -0.3 is 53.2 Å². The predicted octanol–water partition coefficient (Wildman–Crippen LogP) is 6.88. The molecule has 2 aliphatic carbocycles. The van der Waals surface area contributed by atoms with Gasteiger partial charge in [0.2, 0.25) is 0 Å². The number of nitrogens with zero attached hydrogens (tertiary/aromatic N) is 3. The molecule has 3 amide bonds. The molecular weight excluding hydrogens is 1050 g/mol. The number of halogens is 2. The number of alkyl halides is 2. The van der Waals surface area contributed by atoms with Crippen molar-refractivity contribution in [3.8, 4) is 0 Å². The van der Waals surface area contributed by atoms with Crippen LogP contribution in [0.15, 0.2) is 54.6 Å². The van der Waals surface area contributed by atoms with E-state index in [-0.39, 0.29) is 50.7 Å². The Morgan fingerprint density at radius 3 is 1.68 bits per heavy atom. The van der Waals surface area contributed by atoms with Crippen molar-refractivity contribution in [2.45, 2.75) is 198 Å². The van der Waals surface area contributed by atoms with Crippen LogP contribution in [0.5, 0.6) is 0 Å². The van der Waals surface area contributed by atoms with Gasteiger partial charge in [-0.25, -0.2) is 28.0 Å². The number of hydrogen-bond donors (Lipinski definition) is 1. The lowest BCUT2D eigenvalue weighted by atomic mass is 9.90. The van der Waals surface area contributed by atoms with Crippen LogP contribution in [-0.2, 0) is 84.5 Å². The molecule has 0 spiro atoms. The van der Waals surface area contributed by atoms with Gasteiger partial charge in [-0.1, -0.05) is 80.3 Å². The first-order chi connectivity index (χ1) is 38.0. The van der Waals surface area contributed by atoms with Gasteiger partial charge in [0.05, 0.1) is 0 Å². The van der Waals surface area contributed by atoms with Crippen molar-refractivity contribution in [1.29, 1.82) is 0 Å². The van der Waals surface area contributed by atoms with Gasteiger partial charge in [0.15, 0.2) is 18.3 Å². The molecule has 19 nitrogen and oxygen atoms in total. The highest BCUT2D eigenvalue weighted by molar-refractivity contribution is 5.94. The average Bonchev–Trinajstić information content (AvgIpc) is 4.43. The van der Waals surface area contributed by atoms with Crippen molar-refractivity contribution in [1.82, 2.24) is 20.0 Å². The van der Waals surface area contributed by atoms with Gasteiger partial charge in [0, 0.05) is 67.1 Å². The summed E-state index contributed by atoms with van der Waals surface area (Å²) in [5.41, 5.74) is -1.42. The van der Waals surface area contributed by atoms with Crippen molar-refractivity contribution in [3.63, 3.8) is 0 Å². The second kappa shape index (κ2) is 29.3. The van der Waals surface area contributed by atoms with E-state index in [2.05, 4.69) is 5.32 Å². The second-order valence-corrected chi connectivity index (χ2v) is 23.2. The average molecular weight is 1140 g/mol. The van der Waals surface area contributed by atoms with Crippen molar-refractivity contribution < 1.29 is 80.3 Å². The van der Waals surface area contributed by atoms with E-state index >= 15 is 4.39 Å². The number of amides is 3. The van der Waals surface area contributed by atoms with Crippen LogP contribution in [-0.4, -0.2) is 170 Å². The molecule has 1 aliphatic heterocycles. The van der Waals surface area contributed by atoms with Crippen molar-refractivity contribution in [2.75, 3.05) is 48.0 Å². The van der Waals surface area contributed by atoms with E-state index in [0.717, 1.165) is 71.3 Å². The predicted molar refractivity (Wildman–Crippen MR) is 293 cm³/mol. The Labute approximate surface area is 475 Å². The maximum absolute atomic E-state index is 15.7. The molecule has 0 aromatic heterocycles. The van der Waals surface area contributed by atoms with E-state index in [0.29, 0.717) is 24.7 Å². The molecular formula is C60H86F2N4O15. The molecule has 1 saturated heterocycles. The van der Waals surface area contributed by atoms with Gasteiger partial charge >= 0.3 is 29.8 Å². The van der Waals surface area contributed by atoms with E-state index in [9.17, 15) is 42.7 Å². The first kappa shape index (κ1) is 65.7. The van der Waals surface area contributed by atoms with Crippen molar-refractivity contribution in [3.05, 3.63) is 71.3 Å². The van der Waals surface area contributed by atoms with Gasteiger partial charge in [-0.05, 0) is 116 Å². The van der Waals surface area contributed by atoms with Crippen molar-refractivity contribution in [2.24, 2.45) is 11.8 Å². The lowest BCUT2D eigenvalue weighted by Gasteiger charge is -2.37. The molecule has 1 heterocycles. The number of hydrogen-bond acceptors (Lipinski definition) is 16. The molecule has 0 unspecified atom stereocenters. The number of benzene rings is 2. The van der Waals surface area contributed by atoms with Crippen LogP contribution >= 0.6 is 0 Å². The number of carbonyl (C=O) groups excluding carboxylic acids is 8. The Kier molecular flexibility index (Phi) is 23.8. The number of likely N-dealkylation sites (N-methyl/N-ethyl adjacent to an activating group) is 4. The highest BCUT2D eigenvalue weighted by Crippen LogP contribution is 2.37. The Balaban J connectivity index is 1.32. The Hall–Kier alpha value is -6.06. The third-order valence-corrected chi connectivity index (χ3v) is 15.0. The summed E-state index contributed by atoms with van der Waals surface area (Å²) in [4.78, 5) is 116. The molecule has 0 radical (unpaired) electrons. The van der Waals surface area contributed by atoms with Crippen LogP contribution in [0.4, 0.5) is 8.78 Å². The third kappa shape index (κ3) is 20.1. The molecule has 21 heteroatoms. The van der Waals surface area contributed by atoms with Crippen LogP contribution in [0.3, 0.4) is 0 Å². The second-order valence-electron chi connectivity index (χ2n) is 23.2. The summed E-state index contributed by atoms with van der Waals surface area (Å²) in [6.45, 7) is 11.3. The summed E-state index contributed by atoms with van der Waals surface area (Å²) in [5.74, 6) is -9.66. The standard InChI is InChI=1S/C60H86F2N4O15/c1-13-77-60(8,57(74)66(12)47(32-40-21-22-40)55(72)79-38(3)52(69)76-36-42-17-15-14-16-18-42)81-56(73)48(35-59(6,7)62)65(11)50(67)37(2)78-54(71)46(31-39-19-20-39)64(10)51(68)49(80-53(70)45(63-9)34-58(4,5)61)33-41-23-25-43(26-24-41)44-27-29-75-30-28-44/h14-18,23-26,37-40,44-49,63H,13,19-22,27-36H2,1-12H3/t37-,38-,45+,46+,47+,48+,49-,60-/m1/s1. The van der Waals surface area contributed by atoms with Gasteiger partial charge in [0.1, 0.15) is 42.1 Å². The minimum absolute atomic E-state index is 0.0187. The summed E-state index contributed by atoms with van der Waals surface area (Å²) >= 11 is 0. The summed E-state index contributed by atoms with van der Waals surface area (Å²) in [7, 11) is 5.32. The topological polar surface area (TPSA) is 223 Å². The Morgan fingerprint density at radius 1 is 0.630 bits per heavy atom. The molecule has 1 N–H and O–H groups in total. The maximum Gasteiger partial charge on any atom is 0.347 e. The van der Waals surface area contributed by atoms with Gasteiger partial charge in [0.25, 0.3) is 23.5 Å². The molecule has 2 aromatic carbocycles. The minimum Gasteiger partial charge on any atom is -0.458 e. The minimum atomic E-state index is -2.45. The summed E-state index contributed by atoms with van der Waals surface area (Å²) < 4.78 is 70.3. The van der Waals surface area contributed by atoms with Gasteiger partial charge in [-0.2, -0.15) is 0 Å². The van der Waals surface area contributed by atoms with Crippen LogP contribution in [0.1, 0.15) is 142 Å². The van der Waals surface area contributed by atoms with Gasteiger partial charge in [-0.3, -0.25) is 19.2 Å². The molecule has 3 aliphatic rings. The van der Waals surface area contributed by atoms with Crippen LogP contribution in [0, 0.1) is 11.8 Å². The zero-order valence-electron chi connectivity index (χ0n) is 49.3. The SMILES string of the molecule is CCO[C@](C)(OC(=O)[C@H](CC(C)(C)F)N(C)C(=O)[C@@H](C)OC(=O)[C@H](CC1CC1)N(C)C(=O)[C@@H](Cc1ccc(C2CCOCC2)cc1)OC(=O)[C@H](CC(C)(C)F)NC)C(=O)N(C)[C@@H](CC1CC1)C(=O)O[C@H](C)C(=O)OCc1ccccc1. The Morgan fingerprint density at radius 2 is 1.16 bits per heavy atom. The lowest BCUT2D eigenvalue weighted by molar-refractivity contribution is -0.232. The first-order valence-electron chi connectivity index (χ1n) is 28.3. The van der Waals surface area contributed by atoms with Crippen LogP contribution in [0.25, 0.3) is 0 Å². The lowest BCUT2D eigenvalue weighted by Crippen LogP contribution is -2.58. The highest BCUT2D eigenvalue weighted by atomic mass is 19.1. The monoisotopic (exact) mass is 1140 g/mol. The third-order valence-electron chi connectivity index (χ3n) is 15.0. The zero-order valence-corrected chi connectivity index (χ0v) is 49.3. The molecule has 5 rings (SSSR count). The smallest absolute Gasteiger partial charge is 0.347 e. The maximum atomic E-state index is 15.7. The van der Waals surface area contributed by atoms with Gasteiger partial charge in [-0.15, -0.1) is 0 Å². The van der Waals surface area contributed by atoms with E-state index in [1.54, 1.807) is 24.3 Å². The quantitative estimate of drug-likeness (QED) is 0.0461. The molecule has 81 heavy (non-hydrogen) atoms. The fourth-order valence-electron chi connectivity index (χ4n) is 9.77. The molecule has 2 aromatic rings. The summed E-state index contributed by atoms with van der Waals surface area (Å²) in [5, 5.41) is 2.78. The van der Waals surface area contributed by atoms with E-state index < -0.39 is 114 Å². The Bertz CT molecular complexity index is 2460. The fourth-order valence-corrected chi connectivity index (χ4v) is 9.77. The largest absolute Gasteiger partial charge is 0.458 e. The van der Waals surface area contributed by atoms with E-state index in [1.807, 2.05) is 30.3 Å².